The van der Waals surface area contributed by atoms with Crippen molar-refractivity contribution in [2.45, 2.75) is 32.7 Å². The number of H-pyrrole nitrogens is 1. The number of hydrogen-bond acceptors (Lipinski definition) is 6. The average Bonchev–Trinajstić information content (AvgIpc) is 3.11. The van der Waals surface area contributed by atoms with Crippen LogP contribution >= 0.6 is 11.3 Å². The Morgan fingerprint density at radius 2 is 2.15 bits per heavy atom. The first-order valence-corrected chi connectivity index (χ1v) is 9.69. The molecule has 0 unspecified atom stereocenters. The zero-order chi connectivity index (χ0) is 18.8. The van der Waals surface area contributed by atoms with E-state index in [0.29, 0.717) is 49.4 Å². The fourth-order valence-corrected chi connectivity index (χ4v) is 4.02. The van der Waals surface area contributed by atoms with Gasteiger partial charge in [0.2, 0.25) is 5.91 Å². The van der Waals surface area contributed by atoms with Crippen molar-refractivity contribution in [3.05, 3.63) is 62.2 Å². The Bertz CT molecular complexity index is 1030. The van der Waals surface area contributed by atoms with Crippen LogP contribution in [0.4, 0.5) is 0 Å². The van der Waals surface area contributed by atoms with Gasteiger partial charge >= 0.3 is 0 Å². The molecule has 1 aliphatic heterocycles. The Balaban J connectivity index is 1.52. The third-order valence-electron chi connectivity index (χ3n) is 4.79. The van der Waals surface area contributed by atoms with Crippen molar-refractivity contribution in [3.8, 4) is 11.4 Å². The molecule has 0 aliphatic carbocycles. The van der Waals surface area contributed by atoms with Gasteiger partial charge in [-0.05, 0) is 31.9 Å². The molecule has 7 nitrogen and oxygen atoms in total. The summed E-state index contributed by atoms with van der Waals surface area (Å²) < 4.78 is 0. The summed E-state index contributed by atoms with van der Waals surface area (Å²) in [4.78, 5) is 43.7. The number of nitrogens with zero attached hydrogens (tertiary/aromatic N) is 4. The molecule has 3 aromatic heterocycles. The van der Waals surface area contributed by atoms with Crippen LogP contribution in [0.2, 0.25) is 0 Å². The molecule has 0 radical (unpaired) electrons. The molecule has 0 spiro atoms. The lowest BCUT2D eigenvalue weighted by molar-refractivity contribution is -0.132. The number of pyridine rings is 1. The van der Waals surface area contributed by atoms with Crippen LogP contribution in [0.1, 0.15) is 28.2 Å². The highest BCUT2D eigenvalue weighted by Gasteiger charge is 2.24. The van der Waals surface area contributed by atoms with Gasteiger partial charge in [0, 0.05) is 41.4 Å². The number of carbonyl (C=O) groups is 1. The highest BCUT2D eigenvalue weighted by molar-refractivity contribution is 7.09. The maximum Gasteiger partial charge on any atom is 0.254 e. The minimum Gasteiger partial charge on any atom is -0.336 e. The zero-order valence-electron chi connectivity index (χ0n) is 14.9. The molecule has 0 atom stereocenters. The third-order valence-corrected chi connectivity index (χ3v) is 5.79. The van der Waals surface area contributed by atoms with Crippen molar-refractivity contribution in [2.75, 3.05) is 6.54 Å². The van der Waals surface area contributed by atoms with Gasteiger partial charge in [0.15, 0.2) is 0 Å². The van der Waals surface area contributed by atoms with E-state index in [1.165, 1.54) is 0 Å². The smallest absolute Gasteiger partial charge is 0.254 e. The molecule has 0 saturated carbocycles. The predicted molar refractivity (Wildman–Crippen MR) is 102 cm³/mol. The number of thiazole rings is 1. The summed E-state index contributed by atoms with van der Waals surface area (Å²) in [5.74, 6) is 0.594. The van der Waals surface area contributed by atoms with Gasteiger partial charge in [-0.1, -0.05) is 0 Å². The van der Waals surface area contributed by atoms with Crippen LogP contribution in [0, 0.1) is 6.92 Å². The SMILES string of the molecule is Cc1ncsc1CCC(=O)N1CCc2c(nc(-c3ccncc3)[nH]c2=O)C1. The molecule has 1 aliphatic rings. The number of carbonyl (C=O) groups excluding carboxylic acids is 1. The molecule has 27 heavy (non-hydrogen) atoms. The van der Waals surface area contributed by atoms with E-state index in [1.807, 2.05) is 12.4 Å². The van der Waals surface area contributed by atoms with E-state index in [1.54, 1.807) is 40.8 Å². The van der Waals surface area contributed by atoms with Crippen LogP contribution in [0.25, 0.3) is 11.4 Å². The highest BCUT2D eigenvalue weighted by Crippen LogP contribution is 2.20. The van der Waals surface area contributed by atoms with Gasteiger partial charge in [-0.3, -0.25) is 14.6 Å². The molecular formula is C19H19N5O2S. The Hall–Kier alpha value is -2.87. The maximum absolute atomic E-state index is 12.6. The van der Waals surface area contributed by atoms with E-state index in [9.17, 15) is 9.59 Å². The third kappa shape index (κ3) is 3.66. The molecule has 3 aromatic rings. The monoisotopic (exact) mass is 381 g/mol. The number of fused-ring (bicyclic) bond motifs is 1. The maximum atomic E-state index is 12.6. The van der Waals surface area contributed by atoms with Crippen LogP contribution in [-0.4, -0.2) is 37.3 Å². The Labute approximate surface area is 160 Å². The molecule has 0 saturated heterocycles. The fourth-order valence-electron chi connectivity index (χ4n) is 3.24. The number of hydrogen-bond donors (Lipinski definition) is 1. The lowest BCUT2D eigenvalue weighted by Gasteiger charge is -2.28. The summed E-state index contributed by atoms with van der Waals surface area (Å²) in [6, 6.07) is 3.60. The van der Waals surface area contributed by atoms with Crippen molar-refractivity contribution in [2.24, 2.45) is 0 Å². The average molecular weight is 381 g/mol. The number of rotatable bonds is 4. The molecule has 8 heteroatoms. The van der Waals surface area contributed by atoms with E-state index in [2.05, 4.69) is 19.9 Å². The van der Waals surface area contributed by atoms with Gasteiger partial charge in [0.1, 0.15) is 5.82 Å². The van der Waals surface area contributed by atoms with Crippen LogP contribution in [0.3, 0.4) is 0 Å². The molecule has 1 N–H and O–H groups in total. The molecule has 4 heterocycles. The number of aryl methyl sites for hydroxylation is 2. The van der Waals surface area contributed by atoms with Crippen molar-refractivity contribution in [1.29, 1.82) is 0 Å². The fraction of sp³-hybridized carbons (Fsp3) is 0.316. The van der Waals surface area contributed by atoms with E-state index < -0.39 is 0 Å². The number of aromatic amines is 1. The summed E-state index contributed by atoms with van der Waals surface area (Å²) >= 11 is 1.58. The van der Waals surface area contributed by atoms with Gasteiger partial charge in [0.05, 0.1) is 23.4 Å². The lowest BCUT2D eigenvalue weighted by Crippen LogP contribution is -2.39. The molecule has 1 amide bonds. The van der Waals surface area contributed by atoms with Gasteiger partial charge in [-0.15, -0.1) is 11.3 Å². The Morgan fingerprint density at radius 1 is 1.33 bits per heavy atom. The van der Waals surface area contributed by atoms with Crippen molar-refractivity contribution in [1.82, 2.24) is 24.8 Å². The second-order valence-corrected chi connectivity index (χ2v) is 7.44. The van der Waals surface area contributed by atoms with E-state index in [0.717, 1.165) is 16.1 Å². The molecule has 0 aromatic carbocycles. The van der Waals surface area contributed by atoms with Crippen LogP contribution in [0.15, 0.2) is 34.8 Å². The minimum atomic E-state index is -0.126. The topological polar surface area (TPSA) is 91.8 Å². The first-order valence-electron chi connectivity index (χ1n) is 8.81. The Morgan fingerprint density at radius 3 is 2.89 bits per heavy atom. The molecule has 138 valence electrons. The first kappa shape index (κ1) is 17.5. The van der Waals surface area contributed by atoms with Gasteiger partial charge in [-0.25, -0.2) is 9.97 Å². The van der Waals surface area contributed by atoms with Crippen molar-refractivity contribution >= 4 is 17.2 Å². The highest BCUT2D eigenvalue weighted by atomic mass is 32.1. The van der Waals surface area contributed by atoms with E-state index in [4.69, 9.17) is 0 Å². The summed E-state index contributed by atoms with van der Waals surface area (Å²) in [5.41, 5.74) is 4.83. The van der Waals surface area contributed by atoms with Gasteiger partial charge in [-0.2, -0.15) is 0 Å². The van der Waals surface area contributed by atoms with E-state index in [-0.39, 0.29) is 11.5 Å². The first-order chi connectivity index (χ1) is 13.1. The summed E-state index contributed by atoms with van der Waals surface area (Å²) in [7, 11) is 0. The van der Waals surface area contributed by atoms with Crippen molar-refractivity contribution < 1.29 is 4.79 Å². The minimum absolute atomic E-state index is 0.0843. The molecule has 4 rings (SSSR count). The van der Waals surface area contributed by atoms with E-state index >= 15 is 0 Å². The van der Waals surface area contributed by atoms with Crippen LogP contribution in [0.5, 0.6) is 0 Å². The van der Waals surface area contributed by atoms with Crippen LogP contribution < -0.4 is 5.56 Å². The number of nitrogens with one attached hydrogen (secondary N) is 1. The normalized spacial score (nSPS) is 13.4. The van der Waals surface area contributed by atoms with Crippen LogP contribution in [-0.2, 0) is 24.2 Å². The number of aromatic nitrogens is 4. The molecule has 0 fully saturated rings. The predicted octanol–water partition coefficient (Wildman–Crippen LogP) is 2.11. The lowest BCUT2D eigenvalue weighted by atomic mass is 10.1. The van der Waals surface area contributed by atoms with Crippen molar-refractivity contribution in [3.63, 3.8) is 0 Å². The molecule has 0 bridgehead atoms. The Kier molecular flexibility index (Phi) is 4.81. The van der Waals surface area contributed by atoms with Gasteiger partial charge in [0.25, 0.3) is 5.56 Å². The second-order valence-electron chi connectivity index (χ2n) is 6.50. The molecular weight excluding hydrogens is 362 g/mol. The number of amides is 1. The summed E-state index contributed by atoms with van der Waals surface area (Å²) in [5, 5.41) is 0. The standard InChI is InChI=1S/C19H19N5O2S/c1-12-16(27-11-21-12)2-3-17(25)24-9-6-14-15(10-24)22-18(23-19(14)26)13-4-7-20-8-5-13/h4-5,7-8,11H,2-3,6,9-10H2,1H3,(H,22,23,26). The summed E-state index contributed by atoms with van der Waals surface area (Å²) in [6.07, 6.45) is 4.99. The quantitative estimate of drug-likeness (QED) is 0.747. The second kappa shape index (κ2) is 7.40. The summed E-state index contributed by atoms with van der Waals surface area (Å²) in [6.45, 7) is 2.88. The largest absolute Gasteiger partial charge is 0.336 e. The zero-order valence-corrected chi connectivity index (χ0v) is 15.8. The van der Waals surface area contributed by atoms with Gasteiger partial charge < -0.3 is 9.88 Å².